The van der Waals surface area contributed by atoms with E-state index >= 15 is 0 Å². The van der Waals surface area contributed by atoms with Crippen molar-refractivity contribution in [2.75, 3.05) is 33.4 Å². The molecule has 0 radical (unpaired) electrons. The summed E-state index contributed by atoms with van der Waals surface area (Å²) in [7, 11) is 1.69. The molecule has 104 valence electrons. The van der Waals surface area contributed by atoms with Gasteiger partial charge in [0.25, 0.3) is 0 Å². The third kappa shape index (κ3) is 4.64. The SMILES string of the molecule is CCN(CCOC)CCC(N)(C#N)c1ccccc1. The molecule has 0 bridgehead atoms. The molecule has 0 amide bonds. The summed E-state index contributed by atoms with van der Waals surface area (Å²) in [5, 5.41) is 9.38. The maximum Gasteiger partial charge on any atom is 0.131 e. The first-order chi connectivity index (χ1) is 9.16. The van der Waals surface area contributed by atoms with E-state index in [1.807, 2.05) is 30.3 Å². The molecule has 4 heteroatoms. The summed E-state index contributed by atoms with van der Waals surface area (Å²) in [5.41, 5.74) is 6.19. The van der Waals surface area contributed by atoms with Crippen LogP contribution in [0.25, 0.3) is 0 Å². The van der Waals surface area contributed by atoms with E-state index in [9.17, 15) is 5.26 Å². The number of nitrogens with zero attached hydrogens (tertiary/aromatic N) is 2. The fourth-order valence-corrected chi connectivity index (χ4v) is 1.98. The molecule has 0 aromatic heterocycles. The minimum absolute atomic E-state index is 0.616. The van der Waals surface area contributed by atoms with Gasteiger partial charge in [0.1, 0.15) is 5.54 Å². The monoisotopic (exact) mass is 261 g/mol. The van der Waals surface area contributed by atoms with Crippen molar-refractivity contribution in [2.45, 2.75) is 18.9 Å². The molecule has 0 heterocycles. The van der Waals surface area contributed by atoms with Crippen LogP contribution in [-0.2, 0) is 10.3 Å². The predicted octanol–water partition coefficient (Wildman–Crippen LogP) is 1.72. The molecule has 0 saturated carbocycles. The lowest BCUT2D eigenvalue weighted by Gasteiger charge is -2.27. The second-order valence-electron chi connectivity index (χ2n) is 4.63. The smallest absolute Gasteiger partial charge is 0.131 e. The summed E-state index contributed by atoms with van der Waals surface area (Å²) in [6.07, 6.45) is 0.616. The van der Waals surface area contributed by atoms with E-state index in [-0.39, 0.29) is 0 Å². The fraction of sp³-hybridized carbons (Fsp3) is 0.533. The Morgan fingerprint density at radius 3 is 2.53 bits per heavy atom. The zero-order valence-electron chi connectivity index (χ0n) is 11.8. The van der Waals surface area contributed by atoms with Gasteiger partial charge in [-0.2, -0.15) is 5.26 Å². The van der Waals surface area contributed by atoms with Gasteiger partial charge in [-0.25, -0.2) is 0 Å². The largest absolute Gasteiger partial charge is 0.383 e. The Morgan fingerprint density at radius 2 is 2.00 bits per heavy atom. The minimum Gasteiger partial charge on any atom is -0.383 e. The first-order valence-corrected chi connectivity index (χ1v) is 6.63. The Bertz CT molecular complexity index is 402. The van der Waals surface area contributed by atoms with Crippen molar-refractivity contribution in [1.82, 2.24) is 4.90 Å². The van der Waals surface area contributed by atoms with Crippen molar-refractivity contribution in [3.8, 4) is 6.07 Å². The Hall–Kier alpha value is -1.41. The van der Waals surface area contributed by atoms with Crippen LogP contribution in [0, 0.1) is 11.3 Å². The highest BCUT2D eigenvalue weighted by atomic mass is 16.5. The lowest BCUT2D eigenvalue weighted by Crippen LogP contribution is -2.40. The van der Waals surface area contributed by atoms with E-state index < -0.39 is 5.54 Å². The second kappa shape index (κ2) is 7.90. The van der Waals surface area contributed by atoms with Crippen LogP contribution in [0.1, 0.15) is 18.9 Å². The third-order valence-corrected chi connectivity index (χ3v) is 3.37. The number of rotatable bonds is 8. The third-order valence-electron chi connectivity index (χ3n) is 3.37. The van der Waals surface area contributed by atoms with Crippen LogP contribution in [0.15, 0.2) is 30.3 Å². The van der Waals surface area contributed by atoms with Crippen LogP contribution < -0.4 is 5.73 Å². The highest BCUT2D eigenvalue weighted by Crippen LogP contribution is 2.21. The van der Waals surface area contributed by atoms with Crippen LogP contribution in [0.5, 0.6) is 0 Å². The molecule has 1 rings (SSSR count). The van der Waals surface area contributed by atoms with Crippen molar-refractivity contribution in [2.24, 2.45) is 5.73 Å². The van der Waals surface area contributed by atoms with Gasteiger partial charge in [0.05, 0.1) is 12.7 Å². The highest BCUT2D eigenvalue weighted by molar-refractivity contribution is 5.30. The first-order valence-electron chi connectivity index (χ1n) is 6.63. The highest BCUT2D eigenvalue weighted by Gasteiger charge is 2.27. The van der Waals surface area contributed by atoms with Crippen molar-refractivity contribution in [3.63, 3.8) is 0 Å². The van der Waals surface area contributed by atoms with E-state index in [2.05, 4.69) is 17.9 Å². The number of hydrogen-bond acceptors (Lipinski definition) is 4. The van der Waals surface area contributed by atoms with Crippen molar-refractivity contribution >= 4 is 0 Å². The Kier molecular flexibility index (Phi) is 6.51. The van der Waals surface area contributed by atoms with Crippen LogP contribution in [0.4, 0.5) is 0 Å². The molecule has 0 spiro atoms. The maximum absolute atomic E-state index is 9.38. The summed E-state index contributed by atoms with van der Waals surface area (Å²) in [6.45, 7) is 5.38. The molecule has 1 aromatic rings. The second-order valence-corrected chi connectivity index (χ2v) is 4.63. The number of likely N-dealkylation sites (N-methyl/N-ethyl adjacent to an activating group) is 1. The predicted molar refractivity (Wildman–Crippen MR) is 76.5 cm³/mol. The number of methoxy groups -OCH3 is 1. The summed E-state index contributed by atoms with van der Waals surface area (Å²) < 4.78 is 5.08. The summed E-state index contributed by atoms with van der Waals surface area (Å²) >= 11 is 0. The van der Waals surface area contributed by atoms with Gasteiger partial charge in [0.2, 0.25) is 0 Å². The molecule has 0 aliphatic carbocycles. The molecule has 1 atom stereocenters. The number of benzene rings is 1. The van der Waals surface area contributed by atoms with Gasteiger partial charge in [-0.05, 0) is 18.5 Å². The molecular formula is C15H23N3O. The van der Waals surface area contributed by atoms with Crippen molar-refractivity contribution < 1.29 is 4.74 Å². The first kappa shape index (κ1) is 15.6. The normalized spacial score (nSPS) is 14.1. The van der Waals surface area contributed by atoms with E-state index in [1.54, 1.807) is 7.11 Å². The Balaban J connectivity index is 2.64. The quantitative estimate of drug-likeness (QED) is 0.774. The van der Waals surface area contributed by atoms with Gasteiger partial charge in [0.15, 0.2) is 0 Å². The van der Waals surface area contributed by atoms with Crippen LogP contribution >= 0.6 is 0 Å². The topological polar surface area (TPSA) is 62.3 Å². The molecule has 0 aliphatic rings. The number of nitriles is 1. The van der Waals surface area contributed by atoms with Crippen molar-refractivity contribution in [3.05, 3.63) is 35.9 Å². The molecule has 1 aromatic carbocycles. The Morgan fingerprint density at radius 1 is 1.32 bits per heavy atom. The molecule has 2 N–H and O–H groups in total. The molecule has 1 unspecified atom stereocenters. The zero-order valence-corrected chi connectivity index (χ0v) is 11.8. The molecule has 19 heavy (non-hydrogen) atoms. The standard InChI is InChI=1S/C15H23N3O/c1-3-18(11-12-19-2)10-9-15(17,13-16)14-7-5-4-6-8-14/h4-8H,3,9-12,17H2,1-2H3. The zero-order chi connectivity index (χ0) is 14.1. The average molecular weight is 261 g/mol. The number of hydrogen-bond donors (Lipinski definition) is 1. The molecule has 0 saturated heterocycles. The lowest BCUT2D eigenvalue weighted by atomic mass is 9.89. The van der Waals surface area contributed by atoms with Gasteiger partial charge >= 0.3 is 0 Å². The summed E-state index contributed by atoms with van der Waals surface area (Å²) in [5.74, 6) is 0. The van der Waals surface area contributed by atoms with Gasteiger partial charge in [0, 0.05) is 20.2 Å². The van der Waals surface area contributed by atoms with Crippen LogP contribution in [0.2, 0.25) is 0 Å². The van der Waals surface area contributed by atoms with Gasteiger partial charge < -0.3 is 15.4 Å². The Labute approximate surface area is 115 Å². The van der Waals surface area contributed by atoms with Crippen LogP contribution in [-0.4, -0.2) is 38.3 Å². The maximum atomic E-state index is 9.38. The van der Waals surface area contributed by atoms with E-state index in [0.717, 1.165) is 25.2 Å². The lowest BCUT2D eigenvalue weighted by molar-refractivity contribution is 0.147. The average Bonchev–Trinajstić information content (AvgIpc) is 2.48. The van der Waals surface area contributed by atoms with Gasteiger partial charge in [-0.15, -0.1) is 0 Å². The van der Waals surface area contributed by atoms with E-state index in [4.69, 9.17) is 10.5 Å². The molecule has 0 fully saturated rings. The van der Waals surface area contributed by atoms with Crippen LogP contribution in [0.3, 0.4) is 0 Å². The van der Waals surface area contributed by atoms with Gasteiger partial charge in [-0.3, -0.25) is 0 Å². The molecule has 0 aliphatic heterocycles. The number of nitrogens with two attached hydrogens (primary N) is 1. The molecular weight excluding hydrogens is 238 g/mol. The number of ether oxygens (including phenoxy) is 1. The summed E-state index contributed by atoms with van der Waals surface area (Å²) in [6, 6.07) is 11.8. The van der Waals surface area contributed by atoms with E-state index in [0.29, 0.717) is 13.0 Å². The fourth-order valence-electron chi connectivity index (χ4n) is 1.98. The summed E-state index contributed by atoms with van der Waals surface area (Å²) in [4.78, 5) is 2.24. The van der Waals surface area contributed by atoms with E-state index in [1.165, 1.54) is 0 Å². The van der Waals surface area contributed by atoms with Gasteiger partial charge in [-0.1, -0.05) is 37.3 Å². The molecule has 4 nitrogen and oxygen atoms in total. The minimum atomic E-state index is -0.915. The van der Waals surface area contributed by atoms with Crippen molar-refractivity contribution in [1.29, 1.82) is 5.26 Å².